The first-order valence-corrected chi connectivity index (χ1v) is 7.84. The highest BCUT2D eigenvalue weighted by Gasteiger charge is 2.18. The van der Waals surface area contributed by atoms with Gasteiger partial charge in [0.05, 0.1) is 6.04 Å². The fourth-order valence-corrected chi connectivity index (χ4v) is 3.11. The Balaban J connectivity index is 1.92. The second-order valence-corrected chi connectivity index (χ2v) is 6.24. The van der Waals surface area contributed by atoms with Crippen molar-refractivity contribution in [2.75, 3.05) is 11.9 Å². The predicted octanol–water partition coefficient (Wildman–Crippen LogP) is 4.40. The molecule has 1 aliphatic rings. The zero-order valence-electron chi connectivity index (χ0n) is 11.6. The molecule has 0 radical (unpaired) electrons. The number of rotatable bonds is 2. The third-order valence-electron chi connectivity index (χ3n) is 3.89. The molecule has 2 N–H and O–H groups in total. The van der Waals surface area contributed by atoms with Crippen LogP contribution in [0.4, 0.5) is 5.69 Å². The molecule has 0 amide bonds. The van der Waals surface area contributed by atoms with Crippen LogP contribution in [0.25, 0.3) is 0 Å². The maximum atomic E-state index is 3.72. The van der Waals surface area contributed by atoms with E-state index < -0.39 is 0 Å². The molecule has 1 aliphatic heterocycles. The first-order valence-electron chi connectivity index (χ1n) is 7.05. The number of nitrogens with one attached hydrogen (secondary N) is 2. The van der Waals surface area contributed by atoms with Crippen LogP contribution in [0.3, 0.4) is 0 Å². The maximum absolute atomic E-state index is 3.72. The van der Waals surface area contributed by atoms with Crippen molar-refractivity contribution in [1.29, 1.82) is 0 Å². The minimum Gasteiger partial charge on any atom is -0.378 e. The highest BCUT2D eigenvalue weighted by Crippen LogP contribution is 2.30. The van der Waals surface area contributed by atoms with Gasteiger partial charge in [-0.25, -0.2) is 0 Å². The molecule has 0 fully saturated rings. The van der Waals surface area contributed by atoms with Gasteiger partial charge in [0, 0.05) is 16.7 Å². The van der Waals surface area contributed by atoms with E-state index in [-0.39, 0.29) is 0 Å². The zero-order chi connectivity index (χ0) is 13.9. The van der Waals surface area contributed by atoms with Crippen LogP contribution in [-0.4, -0.2) is 6.54 Å². The van der Waals surface area contributed by atoms with Gasteiger partial charge in [0.1, 0.15) is 0 Å². The molecule has 1 unspecified atom stereocenters. The first kappa shape index (κ1) is 13.7. The number of aryl methyl sites for hydroxylation is 1. The molecule has 0 spiro atoms. The zero-order valence-corrected chi connectivity index (χ0v) is 13.2. The highest BCUT2D eigenvalue weighted by molar-refractivity contribution is 9.10. The second-order valence-electron chi connectivity index (χ2n) is 5.32. The summed E-state index contributed by atoms with van der Waals surface area (Å²) >= 11 is 3.56. The molecule has 0 aromatic heterocycles. The van der Waals surface area contributed by atoms with Gasteiger partial charge < -0.3 is 10.6 Å². The van der Waals surface area contributed by atoms with Crippen molar-refractivity contribution in [3.05, 3.63) is 63.6 Å². The van der Waals surface area contributed by atoms with Gasteiger partial charge >= 0.3 is 0 Å². The van der Waals surface area contributed by atoms with Crippen molar-refractivity contribution >= 4 is 21.6 Å². The van der Waals surface area contributed by atoms with Gasteiger partial charge in [-0.2, -0.15) is 0 Å². The van der Waals surface area contributed by atoms with Crippen LogP contribution in [0.1, 0.15) is 29.2 Å². The number of hydrogen-bond donors (Lipinski definition) is 2. The molecule has 0 bridgehead atoms. The summed E-state index contributed by atoms with van der Waals surface area (Å²) in [6.07, 6.45) is 1.10. The fourth-order valence-electron chi connectivity index (χ4n) is 2.75. The molecule has 0 saturated carbocycles. The minimum absolute atomic E-state index is 0.370. The normalized spacial score (nSPS) is 18.2. The minimum atomic E-state index is 0.370. The monoisotopic (exact) mass is 330 g/mol. The third-order valence-corrected chi connectivity index (χ3v) is 4.38. The van der Waals surface area contributed by atoms with E-state index in [9.17, 15) is 0 Å². The summed E-state index contributed by atoms with van der Waals surface area (Å²) in [5, 5.41) is 7.21. The van der Waals surface area contributed by atoms with Crippen LogP contribution in [0.5, 0.6) is 0 Å². The molecular weight excluding hydrogens is 312 g/mol. The van der Waals surface area contributed by atoms with E-state index in [1.165, 1.54) is 22.4 Å². The number of halogens is 1. The summed E-state index contributed by atoms with van der Waals surface area (Å²) in [6.45, 7) is 4.15. The maximum Gasteiger partial charge on any atom is 0.0529 e. The summed E-state index contributed by atoms with van der Waals surface area (Å²) in [4.78, 5) is 0. The molecule has 1 atom stereocenters. The summed E-state index contributed by atoms with van der Waals surface area (Å²) in [7, 11) is 0. The molecule has 2 aromatic rings. The lowest BCUT2D eigenvalue weighted by molar-refractivity contribution is 0.637. The molecule has 2 aromatic carbocycles. The van der Waals surface area contributed by atoms with E-state index in [0.717, 1.165) is 24.0 Å². The third kappa shape index (κ3) is 2.89. The Labute approximate surface area is 128 Å². The fraction of sp³-hybridized carbons (Fsp3) is 0.294. The van der Waals surface area contributed by atoms with Gasteiger partial charge in [-0.15, -0.1) is 0 Å². The molecule has 2 nitrogen and oxygen atoms in total. The van der Waals surface area contributed by atoms with E-state index >= 15 is 0 Å². The molecule has 3 rings (SSSR count). The molecule has 1 heterocycles. The lowest BCUT2D eigenvalue weighted by atomic mass is 9.98. The lowest BCUT2D eigenvalue weighted by Gasteiger charge is -2.21. The number of hydrogen-bond acceptors (Lipinski definition) is 2. The second kappa shape index (κ2) is 5.98. The average Bonchev–Trinajstić information content (AvgIpc) is 2.66. The SMILES string of the molecule is Cc1ccc(Br)cc1NC1CCNCc2ccccc21. The Bertz CT molecular complexity index is 610. The number of benzene rings is 2. The van der Waals surface area contributed by atoms with Crippen LogP contribution < -0.4 is 10.6 Å². The Morgan fingerprint density at radius 2 is 2.05 bits per heavy atom. The Kier molecular flexibility index (Phi) is 4.08. The topological polar surface area (TPSA) is 24.1 Å². The van der Waals surface area contributed by atoms with Crippen LogP contribution in [-0.2, 0) is 6.54 Å². The van der Waals surface area contributed by atoms with E-state index in [1.807, 2.05) is 0 Å². The molecule has 0 aliphatic carbocycles. The van der Waals surface area contributed by atoms with E-state index in [1.54, 1.807) is 0 Å². The Morgan fingerprint density at radius 1 is 1.20 bits per heavy atom. The predicted molar refractivity (Wildman–Crippen MR) is 88.0 cm³/mol. The largest absolute Gasteiger partial charge is 0.378 e. The van der Waals surface area contributed by atoms with E-state index in [0.29, 0.717) is 6.04 Å². The molecule has 0 saturated heterocycles. The van der Waals surface area contributed by atoms with E-state index in [2.05, 4.69) is 76.0 Å². The first-order chi connectivity index (χ1) is 9.74. The van der Waals surface area contributed by atoms with Crippen LogP contribution >= 0.6 is 15.9 Å². The van der Waals surface area contributed by atoms with Crippen molar-refractivity contribution in [2.24, 2.45) is 0 Å². The van der Waals surface area contributed by atoms with Crippen LogP contribution in [0.2, 0.25) is 0 Å². The summed E-state index contributed by atoms with van der Waals surface area (Å²) in [6, 6.07) is 15.5. The van der Waals surface area contributed by atoms with Crippen LogP contribution in [0.15, 0.2) is 46.9 Å². The average molecular weight is 331 g/mol. The molecule has 104 valence electrons. The van der Waals surface area contributed by atoms with Crippen molar-refractivity contribution < 1.29 is 0 Å². The molecular formula is C17H19BrN2. The van der Waals surface area contributed by atoms with Gasteiger partial charge in [0.15, 0.2) is 0 Å². The van der Waals surface area contributed by atoms with Gasteiger partial charge in [0.2, 0.25) is 0 Å². The molecule has 3 heteroatoms. The molecule has 20 heavy (non-hydrogen) atoms. The van der Waals surface area contributed by atoms with Gasteiger partial charge in [-0.3, -0.25) is 0 Å². The highest BCUT2D eigenvalue weighted by atomic mass is 79.9. The van der Waals surface area contributed by atoms with Crippen molar-refractivity contribution in [3.8, 4) is 0 Å². The smallest absolute Gasteiger partial charge is 0.0529 e. The Hall–Kier alpha value is -1.32. The summed E-state index contributed by atoms with van der Waals surface area (Å²) < 4.78 is 1.12. The Morgan fingerprint density at radius 3 is 2.95 bits per heavy atom. The van der Waals surface area contributed by atoms with Crippen molar-refractivity contribution in [3.63, 3.8) is 0 Å². The van der Waals surface area contributed by atoms with Gasteiger partial charge in [0.25, 0.3) is 0 Å². The van der Waals surface area contributed by atoms with Gasteiger partial charge in [-0.05, 0) is 48.7 Å². The lowest BCUT2D eigenvalue weighted by Crippen LogP contribution is -2.15. The summed E-state index contributed by atoms with van der Waals surface area (Å²) in [5.74, 6) is 0. The number of anilines is 1. The number of fused-ring (bicyclic) bond motifs is 1. The van der Waals surface area contributed by atoms with Gasteiger partial charge in [-0.1, -0.05) is 46.3 Å². The van der Waals surface area contributed by atoms with Crippen molar-refractivity contribution in [1.82, 2.24) is 5.32 Å². The van der Waals surface area contributed by atoms with E-state index in [4.69, 9.17) is 0 Å². The van der Waals surface area contributed by atoms with Crippen LogP contribution in [0, 0.1) is 6.92 Å². The van der Waals surface area contributed by atoms with Crippen molar-refractivity contribution in [2.45, 2.75) is 25.9 Å². The quantitative estimate of drug-likeness (QED) is 0.852. The summed E-state index contributed by atoms with van der Waals surface area (Å²) in [5.41, 5.74) is 5.30. The standard InChI is InChI=1S/C17H19BrN2/c1-12-6-7-14(18)10-17(12)20-16-8-9-19-11-13-4-2-3-5-15(13)16/h2-7,10,16,19-20H,8-9,11H2,1H3.